The van der Waals surface area contributed by atoms with Gasteiger partial charge in [0.2, 0.25) is 5.88 Å². The monoisotopic (exact) mass is 156 g/mol. The van der Waals surface area contributed by atoms with Crippen LogP contribution in [0.4, 0.5) is 0 Å². The minimum Gasteiger partial charge on any atom is -0.493 e. The maximum absolute atomic E-state index is 11.0. The summed E-state index contributed by atoms with van der Waals surface area (Å²) >= 11 is 0. The maximum Gasteiger partial charge on any atom is 0.328 e. The van der Waals surface area contributed by atoms with Crippen molar-refractivity contribution in [3.8, 4) is 5.88 Å². The molecular formula is C7H12N2O2. The lowest BCUT2D eigenvalue weighted by Crippen LogP contribution is -2.17. The molecule has 1 aromatic heterocycles. The Labute approximate surface area is 64.5 Å². The van der Waals surface area contributed by atoms with Crippen LogP contribution in [-0.4, -0.2) is 14.7 Å². The van der Waals surface area contributed by atoms with Crippen molar-refractivity contribution in [3.63, 3.8) is 0 Å². The molecule has 11 heavy (non-hydrogen) atoms. The number of aromatic amines is 1. The third-order valence-corrected chi connectivity index (χ3v) is 1.72. The molecule has 1 rings (SSSR count). The highest BCUT2D eigenvalue weighted by Gasteiger charge is 2.08. The van der Waals surface area contributed by atoms with Gasteiger partial charge >= 0.3 is 5.69 Å². The zero-order valence-electron chi connectivity index (χ0n) is 6.72. The van der Waals surface area contributed by atoms with Crippen LogP contribution < -0.4 is 5.69 Å². The van der Waals surface area contributed by atoms with Gasteiger partial charge in [-0.3, -0.25) is 9.55 Å². The van der Waals surface area contributed by atoms with Crippen molar-refractivity contribution in [2.24, 2.45) is 0 Å². The Balaban J connectivity index is 3.29. The molecule has 1 heterocycles. The molecule has 0 radical (unpaired) electrons. The van der Waals surface area contributed by atoms with E-state index in [-0.39, 0.29) is 11.6 Å². The van der Waals surface area contributed by atoms with Gasteiger partial charge in [0, 0.05) is 6.54 Å². The molecule has 0 aliphatic heterocycles. The summed E-state index contributed by atoms with van der Waals surface area (Å²) in [6.45, 7) is 4.36. The molecule has 0 aliphatic carbocycles. The van der Waals surface area contributed by atoms with Gasteiger partial charge in [0.1, 0.15) is 0 Å². The van der Waals surface area contributed by atoms with Gasteiger partial charge in [-0.25, -0.2) is 4.79 Å². The highest BCUT2D eigenvalue weighted by atomic mass is 16.3. The molecular weight excluding hydrogens is 144 g/mol. The lowest BCUT2D eigenvalue weighted by Gasteiger charge is -1.99. The van der Waals surface area contributed by atoms with E-state index in [1.165, 1.54) is 4.57 Å². The second kappa shape index (κ2) is 2.82. The fourth-order valence-corrected chi connectivity index (χ4v) is 1.18. The Morgan fingerprint density at radius 1 is 1.55 bits per heavy atom. The lowest BCUT2D eigenvalue weighted by molar-refractivity contribution is 0.447. The molecule has 0 fully saturated rings. The topological polar surface area (TPSA) is 58.0 Å². The Morgan fingerprint density at radius 3 is 2.55 bits per heavy atom. The predicted molar refractivity (Wildman–Crippen MR) is 41.8 cm³/mol. The minimum atomic E-state index is -0.234. The average Bonchev–Trinajstić information content (AvgIpc) is 2.24. The number of aromatic hydroxyl groups is 1. The summed E-state index contributed by atoms with van der Waals surface area (Å²) in [4.78, 5) is 13.3. The second-order valence-corrected chi connectivity index (χ2v) is 2.32. The Bertz CT molecular complexity index is 298. The molecule has 2 N–H and O–H groups in total. The van der Waals surface area contributed by atoms with E-state index in [1.54, 1.807) is 0 Å². The SMILES string of the molecule is CCc1c(O)[nH]c(=O)n1CC. The summed E-state index contributed by atoms with van der Waals surface area (Å²) in [5, 5.41) is 9.17. The molecule has 0 saturated heterocycles. The number of hydrogen-bond acceptors (Lipinski definition) is 2. The lowest BCUT2D eigenvalue weighted by atomic mass is 10.3. The molecule has 0 aromatic carbocycles. The van der Waals surface area contributed by atoms with E-state index in [9.17, 15) is 4.79 Å². The molecule has 4 heteroatoms. The van der Waals surface area contributed by atoms with Gasteiger partial charge in [0.05, 0.1) is 5.69 Å². The van der Waals surface area contributed by atoms with Crippen molar-refractivity contribution in [3.05, 3.63) is 16.2 Å². The molecule has 62 valence electrons. The minimum absolute atomic E-state index is 0.000602. The van der Waals surface area contributed by atoms with Crippen LogP contribution in [0.3, 0.4) is 0 Å². The number of nitrogens with zero attached hydrogens (tertiary/aromatic N) is 1. The number of rotatable bonds is 2. The van der Waals surface area contributed by atoms with Crippen LogP contribution in [0.15, 0.2) is 4.79 Å². The highest BCUT2D eigenvalue weighted by Crippen LogP contribution is 2.10. The predicted octanol–water partition coefficient (Wildman–Crippen LogP) is 0.464. The number of imidazole rings is 1. The highest BCUT2D eigenvalue weighted by molar-refractivity contribution is 5.17. The molecule has 0 atom stereocenters. The van der Waals surface area contributed by atoms with Crippen molar-refractivity contribution in [2.45, 2.75) is 26.8 Å². The van der Waals surface area contributed by atoms with Crippen LogP contribution in [0.25, 0.3) is 0 Å². The van der Waals surface area contributed by atoms with E-state index >= 15 is 0 Å². The smallest absolute Gasteiger partial charge is 0.328 e. The number of nitrogens with one attached hydrogen (secondary N) is 1. The van der Waals surface area contributed by atoms with Crippen LogP contribution in [0, 0.1) is 0 Å². The summed E-state index contributed by atoms with van der Waals surface area (Å²) in [6.07, 6.45) is 0.665. The zero-order valence-corrected chi connectivity index (χ0v) is 6.72. The van der Waals surface area contributed by atoms with E-state index < -0.39 is 0 Å². The van der Waals surface area contributed by atoms with Gasteiger partial charge in [0.25, 0.3) is 0 Å². The van der Waals surface area contributed by atoms with E-state index in [1.807, 2.05) is 13.8 Å². The third-order valence-electron chi connectivity index (χ3n) is 1.72. The van der Waals surface area contributed by atoms with Crippen LogP contribution in [0.5, 0.6) is 5.88 Å². The zero-order chi connectivity index (χ0) is 8.43. The van der Waals surface area contributed by atoms with Gasteiger partial charge in [-0.05, 0) is 13.3 Å². The Hall–Kier alpha value is -1.19. The first-order valence-electron chi connectivity index (χ1n) is 3.71. The standard InChI is InChI=1S/C7H12N2O2/c1-3-5-6(10)8-7(11)9(5)4-2/h10H,3-4H2,1-2H3,(H,8,11). The molecule has 0 aliphatic rings. The van der Waals surface area contributed by atoms with Crippen LogP contribution in [-0.2, 0) is 13.0 Å². The van der Waals surface area contributed by atoms with Crippen LogP contribution in [0.1, 0.15) is 19.5 Å². The summed E-state index contributed by atoms with van der Waals surface area (Å²) in [5.74, 6) is -0.000602. The Morgan fingerprint density at radius 2 is 2.18 bits per heavy atom. The van der Waals surface area contributed by atoms with E-state index in [2.05, 4.69) is 4.98 Å². The van der Waals surface area contributed by atoms with E-state index in [0.29, 0.717) is 18.7 Å². The first-order valence-corrected chi connectivity index (χ1v) is 3.71. The molecule has 0 amide bonds. The number of H-pyrrole nitrogens is 1. The van der Waals surface area contributed by atoms with Gasteiger partial charge in [-0.1, -0.05) is 6.92 Å². The van der Waals surface area contributed by atoms with Gasteiger partial charge in [0.15, 0.2) is 0 Å². The fraction of sp³-hybridized carbons (Fsp3) is 0.571. The maximum atomic E-state index is 11.0. The molecule has 1 aromatic rings. The first kappa shape index (κ1) is 7.91. The molecule has 0 bridgehead atoms. The van der Waals surface area contributed by atoms with Gasteiger partial charge in [-0.15, -0.1) is 0 Å². The molecule has 0 saturated carbocycles. The van der Waals surface area contributed by atoms with Crippen LogP contribution in [0.2, 0.25) is 0 Å². The Kier molecular flexibility index (Phi) is 2.03. The van der Waals surface area contributed by atoms with Crippen molar-refractivity contribution in [1.29, 1.82) is 0 Å². The summed E-state index contributed by atoms with van der Waals surface area (Å²) < 4.78 is 1.52. The number of aromatic nitrogens is 2. The quantitative estimate of drug-likeness (QED) is 0.653. The van der Waals surface area contributed by atoms with Gasteiger partial charge in [-0.2, -0.15) is 0 Å². The van der Waals surface area contributed by atoms with Crippen molar-refractivity contribution < 1.29 is 5.11 Å². The van der Waals surface area contributed by atoms with Crippen molar-refractivity contribution >= 4 is 0 Å². The van der Waals surface area contributed by atoms with Gasteiger partial charge < -0.3 is 5.11 Å². The average molecular weight is 156 g/mol. The third kappa shape index (κ3) is 1.15. The molecule has 4 nitrogen and oxygen atoms in total. The number of hydrogen-bond donors (Lipinski definition) is 2. The first-order chi connectivity index (χ1) is 5.20. The van der Waals surface area contributed by atoms with Crippen molar-refractivity contribution in [2.75, 3.05) is 0 Å². The molecule has 0 unspecified atom stereocenters. The summed E-state index contributed by atoms with van der Waals surface area (Å²) in [7, 11) is 0. The van der Waals surface area contributed by atoms with Crippen molar-refractivity contribution in [1.82, 2.24) is 9.55 Å². The largest absolute Gasteiger partial charge is 0.493 e. The summed E-state index contributed by atoms with van der Waals surface area (Å²) in [5.41, 5.74) is 0.444. The van der Waals surface area contributed by atoms with E-state index in [4.69, 9.17) is 5.11 Å². The van der Waals surface area contributed by atoms with E-state index in [0.717, 1.165) is 0 Å². The molecule has 0 spiro atoms. The second-order valence-electron chi connectivity index (χ2n) is 2.32. The fourth-order valence-electron chi connectivity index (χ4n) is 1.18. The summed E-state index contributed by atoms with van der Waals surface area (Å²) in [6, 6.07) is 0. The van der Waals surface area contributed by atoms with Crippen LogP contribution >= 0.6 is 0 Å². The normalized spacial score (nSPS) is 10.4.